The molecule has 2 rings (SSSR count). The molecule has 0 bridgehead atoms. The Morgan fingerprint density at radius 3 is 2.94 bits per heavy atom. The Morgan fingerprint density at radius 1 is 1.56 bits per heavy atom. The average molecular weight is 258 g/mol. The van der Waals surface area contributed by atoms with Gasteiger partial charge in [0.2, 0.25) is 0 Å². The van der Waals surface area contributed by atoms with Crippen LogP contribution in [0.2, 0.25) is 5.02 Å². The normalized spacial score (nSPS) is 12.9. The van der Waals surface area contributed by atoms with E-state index in [0.29, 0.717) is 5.02 Å². The Balaban J connectivity index is 2.44. The lowest BCUT2D eigenvalue weighted by Crippen LogP contribution is -2.20. The Hall–Kier alpha value is -0.980. The molecule has 86 valence electrons. The van der Waals surface area contributed by atoms with Crippen LogP contribution in [0.25, 0.3) is 0 Å². The van der Waals surface area contributed by atoms with E-state index in [1.54, 1.807) is 12.4 Å². The van der Waals surface area contributed by atoms with E-state index < -0.39 is 0 Å². The summed E-state index contributed by atoms with van der Waals surface area (Å²) < 4.78 is 5.74. The van der Waals surface area contributed by atoms with Crippen molar-refractivity contribution in [3.8, 4) is 0 Å². The molecule has 1 N–H and O–H groups in total. The first-order valence-corrected chi connectivity index (χ1v) is 6.08. The molecule has 2 aromatic rings. The highest BCUT2D eigenvalue weighted by atomic mass is 35.5. The van der Waals surface area contributed by atoms with E-state index in [1.165, 1.54) is 11.5 Å². The highest BCUT2D eigenvalue weighted by molar-refractivity contribution is 7.05. The lowest BCUT2D eigenvalue weighted by molar-refractivity contribution is 0.567. The van der Waals surface area contributed by atoms with Crippen LogP contribution in [-0.2, 0) is 6.54 Å². The highest BCUT2D eigenvalue weighted by Crippen LogP contribution is 2.29. The fraction of sp³-hybridized carbons (Fsp3) is 0.444. The number of nitrogens with zero attached hydrogens (tertiary/aromatic N) is 4. The second-order valence-electron chi connectivity index (χ2n) is 3.24. The number of aromatic nitrogens is 4. The van der Waals surface area contributed by atoms with Crippen molar-refractivity contribution in [2.75, 3.05) is 7.05 Å². The third kappa shape index (κ3) is 1.95. The number of hydrogen-bond donors (Lipinski definition) is 1. The molecule has 2 heterocycles. The van der Waals surface area contributed by atoms with E-state index >= 15 is 0 Å². The van der Waals surface area contributed by atoms with Gasteiger partial charge in [-0.3, -0.25) is 4.68 Å². The van der Waals surface area contributed by atoms with Crippen molar-refractivity contribution < 1.29 is 0 Å². The van der Waals surface area contributed by atoms with Gasteiger partial charge in [0.25, 0.3) is 0 Å². The summed E-state index contributed by atoms with van der Waals surface area (Å²) in [6, 6.07) is -0.00468. The minimum absolute atomic E-state index is 0.00468. The fourth-order valence-electron chi connectivity index (χ4n) is 1.63. The van der Waals surface area contributed by atoms with Crippen LogP contribution in [0.3, 0.4) is 0 Å². The van der Waals surface area contributed by atoms with Crippen LogP contribution in [0.1, 0.15) is 23.5 Å². The molecule has 0 spiro atoms. The minimum Gasteiger partial charge on any atom is -0.307 e. The number of nitrogens with one attached hydrogen (secondary N) is 1. The van der Waals surface area contributed by atoms with Gasteiger partial charge in [0.1, 0.15) is 0 Å². The molecule has 16 heavy (non-hydrogen) atoms. The van der Waals surface area contributed by atoms with Crippen molar-refractivity contribution in [2.45, 2.75) is 19.5 Å². The first-order chi connectivity index (χ1) is 7.77. The first kappa shape index (κ1) is 11.5. The van der Waals surface area contributed by atoms with Crippen LogP contribution >= 0.6 is 23.1 Å². The molecule has 2 aromatic heterocycles. The molecule has 1 unspecified atom stereocenters. The fourth-order valence-corrected chi connectivity index (χ4v) is 2.49. The SMILES string of the molecule is CCn1ncc(Cl)c1C(NC)c1cnns1. The van der Waals surface area contributed by atoms with Crippen molar-refractivity contribution in [1.82, 2.24) is 24.7 Å². The van der Waals surface area contributed by atoms with Gasteiger partial charge in [0.05, 0.1) is 34.0 Å². The molecular weight excluding hydrogens is 246 g/mol. The zero-order chi connectivity index (χ0) is 11.5. The summed E-state index contributed by atoms with van der Waals surface area (Å²) in [5.41, 5.74) is 0.956. The molecule has 0 saturated heterocycles. The monoisotopic (exact) mass is 257 g/mol. The standard InChI is InChI=1S/C9H12ClN5S/c1-3-15-9(6(10)4-13-15)8(11-2)7-5-12-14-16-7/h4-5,8,11H,3H2,1-2H3. The van der Waals surface area contributed by atoms with Crippen LogP contribution in [0.15, 0.2) is 12.4 Å². The second-order valence-corrected chi connectivity index (χ2v) is 4.46. The van der Waals surface area contributed by atoms with Crippen LogP contribution in [-0.4, -0.2) is 26.4 Å². The number of hydrogen-bond acceptors (Lipinski definition) is 5. The molecular formula is C9H12ClN5S. The van der Waals surface area contributed by atoms with Crippen molar-refractivity contribution in [2.24, 2.45) is 0 Å². The van der Waals surface area contributed by atoms with Crippen molar-refractivity contribution in [3.63, 3.8) is 0 Å². The summed E-state index contributed by atoms with van der Waals surface area (Å²) in [5.74, 6) is 0. The minimum atomic E-state index is -0.00468. The number of aryl methyl sites for hydroxylation is 1. The molecule has 0 aliphatic carbocycles. The van der Waals surface area contributed by atoms with E-state index in [2.05, 4.69) is 20.0 Å². The average Bonchev–Trinajstić information content (AvgIpc) is 2.91. The summed E-state index contributed by atoms with van der Waals surface area (Å²) in [5, 5.41) is 11.9. The largest absolute Gasteiger partial charge is 0.307 e. The summed E-state index contributed by atoms with van der Waals surface area (Å²) in [4.78, 5) is 1.03. The zero-order valence-corrected chi connectivity index (χ0v) is 10.6. The smallest absolute Gasteiger partial charge is 0.0887 e. The van der Waals surface area contributed by atoms with Gasteiger partial charge in [0.15, 0.2) is 0 Å². The van der Waals surface area contributed by atoms with Crippen LogP contribution < -0.4 is 5.32 Å². The molecule has 0 aliphatic rings. The Kier molecular flexibility index (Phi) is 3.52. The molecule has 1 atom stereocenters. The van der Waals surface area contributed by atoms with Gasteiger partial charge in [0, 0.05) is 6.54 Å². The predicted molar refractivity (Wildman–Crippen MR) is 63.7 cm³/mol. The zero-order valence-electron chi connectivity index (χ0n) is 9.01. The maximum Gasteiger partial charge on any atom is 0.0887 e. The van der Waals surface area contributed by atoms with E-state index in [1.807, 2.05) is 18.7 Å². The molecule has 5 nitrogen and oxygen atoms in total. The van der Waals surface area contributed by atoms with E-state index in [4.69, 9.17) is 11.6 Å². The third-order valence-corrected chi connectivity index (χ3v) is 3.38. The van der Waals surface area contributed by atoms with Crippen LogP contribution in [0, 0.1) is 0 Å². The van der Waals surface area contributed by atoms with Crippen molar-refractivity contribution >= 4 is 23.1 Å². The van der Waals surface area contributed by atoms with E-state index in [-0.39, 0.29) is 6.04 Å². The van der Waals surface area contributed by atoms with E-state index in [9.17, 15) is 0 Å². The van der Waals surface area contributed by atoms with Crippen molar-refractivity contribution in [1.29, 1.82) is 0 Å². The Bertz CT molecular complexity index is 452. The quantitative estimate of drug-likeness (QED) is 0.906. The molecule has 0 amide bonds. The first-order valence-electron chi connectivity index (χ1n) is 4.93. The number of halogens is 1. The topological polar surface area (TPSA) is 55.6 Å². The van der Waals surface area contributed by atoms with Crippen LogP contribution in [0.5, 0.6) is 0 Å². The van der Waals surface area contributed by atoms with Gasteiger partial charge in [-0.2, -0.15) is 5.10 Å². The van der Waals surface area contributed by atoms with Crippen LogP contribution in [0.4, 0.5) is 0 Å². The van der Waals surface area contributed by atoms with Crippen molar-refractivity contribution in [3.05, 3.63) is 28.0 Å². The molecule has 7 heteroatoms. The number of rotatable bonds is 4. The molecule has 0 aromatic carbocycles. The molecule has 0 aliphatic heterocycles. The summed E-state index contributed by atoms with van der Waals surface area (Å²) in [7, 11) is 1.88. The van der Waals surface area contributed by atoms with Gasteiger partial charge in [-0.05, 0) is 25.5 Å². The Morgan fingerprint density at radius 2 is 2.38 bits per heavy atom. The van der Waals surface area contributed by atoms with Gasteiger partial charge in [-0.25, -0.2) is 0 Å². The maximum absolute atomic E-state index is 6.15. The Labute approximate surface area is 103 Å². The third-order valence-electron chi connectivity index (χ3n) is 2.36. The summed E-state index contributed by atoms with van der Waals surface area (Å²) in [6.45, 7) is 2.82. The summed E-state index contributed by atoms with van der Waals surface area (Å²) >= 11 is 7.51. The van der Waals surface area contributed by atoms with Gasteiger partial charge in [-0.1, -0.05) is 16.1 Å². The lowest BCUT2D eigenvalue weighted by atomic mass is 10.2. The van der Waals surface area contributed by atoms with E-state index in [0.717, 1.165) is 17.1 Å². The predicted octanol–water partition coefficient (Wildman–Crippen LogP) is 1.72. The second kappa shape index (κ2) is 4.90. The summed E-state index contributed by atoms with van der Waals surface area (Å²) in [6.07, 6.45) is 3.41. The molecule has 0 radical (unpaired) electrons. The molecule has 0 saturated carbocycles. The van der Waals surface area contributed by atoms with Gasteiger partial charge >= 0.3 is 0 Å². The highest BCUT2D eigenvalue weighted by Gasteiger charge is 2.21. The lowest BCUT2D eigenvalue weighted by Gasteiger charge is -2.15. The van der Waals surface area contributed by atoms with Gasteiger partial charge < -0.3 is 5.32 Å². The molecule has 0 fully saturated rings. The maximum atomic E-state index is 6.15. The van der Waals surface area contributed by atoms with Gasteiger partial charge in [-0.15, -0.1) is 5.10 Å².